The lowest BCUT2D eigenvalue weighted by atomic mass is 10.1. The fraction of sp³-hybridized carbons (Fsp3) is 0.105. The van der Waals surface area contributed by atoms with Crippen LogP contribution >= 0.6 is 22.7 Å². The summed E-state index contributed by atoms with van der Waals surface area (Å²) in [6.07, 6.45) is -7.40. The number of thiophene rings is 2. The Kier molecular flexibility index (Phi) is 9.68. The fourth-order valence-corrected chi connectivity index (χ4v) is 7.51. The highest BCUT2D eigenvalue weighted by molar-refractivity contribution is 7.20. The summed E-state index contributed by atoms with van der Waals surface area (Å²) in [6, 6.07) is 21.2. The standard InChI is InChI=1S/C19H11F4NO3S.C19H12F3NO3S/c1-9-7-13-14(27-19(22,23)26-13)8-10(9)15-5-6-16(28-15)24-18(25)17-11(20)3-2-4-12(17)21;1-10-8-14-15(26-19(21,22)25-14)9-12(10)16-6-7-17(27-16)23-18(24)11-4-2-3-5-13(11)20/h2-8H,1H3,(H,24,25);2-9H,1H3,(H,23,24). The molecule has 0 atom stereocenters. The van der Waals surface area contributed by atoms with Crippen LogP contribution in [0.2, 0.25) is 0 Å². The van der Waals surface area contributed by atoms with Crippen LogP contribution < -0.4 is 29.6 Å². The molecule has 2 aliphatic rings. The zero-order chi connectivity index (χ0) is 39.2. The molecule has 2 amide bonds. The van der Waals surface area contributed by atoms with Crippen LogP contribution in [0.1, 0.15) is 31.8 Å². The van der Waals surface area contributed by atoms with E-state index in [-0.39, 0.29) is 28.6 Å². The maximum atomic E-state index is 13.7. The van der Waals surface area contributed by atoms with E-state index in [1.165, 1.54) is 53.8 Å². The van der Waals surface area contributed by atoms with Crippen molar-refractivity contribution in [1.29, 1.82) is 0 Å². The number of rotatable bonds is 6. The van der Waals surface area contributed by atoms with E-state index < -0.39 is 47.4 Å². The molecule has 0 aliphatic carbocycles. The molecule has 0 bridgehead atoms. The molecule has 0 saturated carbocycles. The van der Waals surface area contributed by atoms with E-state index in [4.69, 9.17) is 0 Å². The highest BCUT2D eigenvalue weighted by Gasteiger charge is 2.44. The van der Waals surface area contributed by atoms with Crippen molar-refractivity contribution >= 4 is 44.5 Å². The van der Waals surface area contributed by atoms with Gasteiger partial charge in [0.05, 0.1) is 15.6 Å². The second kappa shape index (κ2) is 14.3. The zero-order valence-electron chi connectivity index (χ0n) is 28.1. The maximum absolute atomic E-state index is 13.7. The van der Waals surface area contributed by atoms with Gasteiger partial charge in [0.25, 0.3) is 11.8 Å². The van der Waals surface area contributed by atoms with Crippen LogP contribution in [0.25, 0.3) is 20.9 Å². The van der Waals surface area contributed by atoms with E-state index in [0.717, 1.165) is 34.4 Å². The number of ether oxygens (including phenoxy) is 4. The van der Waals surface area contributed by atoms with Gasteiger partial charge in [-0.15, -0.1) is 40.2 Å². The average Bonchev–Trinajstić information content (AvgIpc) is 3.88. The lowest BCUT2D eigenvalue weighted by Gasteiger charge is -2.06. The zero-order valence-corrected chi connectivity index (χ0v) is 29.7. The van der Waals surface area contributed by atoms with Crippen LogP contribution in [0.4, 0.5) is 40.7 Å². The van der Waals surface area contributed by atoms with E-state index in [1.807, 2.05) is 0 Å². The summed E-state index contributed by atoms with van der Waals surface area (Å²) in [4.78, 5) is 25.8. The van der Waals surface area contributed by atoms with Crippen LogP contribution in [-0.4, -0.2) is 24.4 Å². The molecule has 282 valence electrons. The van der Waals surface area contributed by atoms with Gasteiger partial charge in [0.15, 0.2) is 23.0 Å². The van der Waals surface area contributed by atoms with E-state index in [1.54, 1.807) is 44.2 Å². The summed E-state index contributed by atoms with van der Waals surface area (Å²) in [5.41, 5.74) is 1.89. The topological polar surface area (TPSA) is 95.1 Å². The summed E-state index contributed by atoms with van der Waals surface area (Å²) in [5, 5.41) is 5.91. The number of aryl methyl sites for hydroxylation is 2. The normalized spacial score (nSPS) is 14.2. The van der Waals surface area contributed by atoms with Gasteiger partial charge in [-0.3, -0.25) is 9.59 Å². The van der Waals surface area contributed by atoms with Crippen LogP contribution in [0.15, 0.2) is 91.0 Å². The number of halogens is 7. The van der Waals surface area contributed by atoms with Gasteiger partial charge >= 0.3 is 12.6 Å². The van der Waals surface area contributed by atoms with Crippen LogP contribution in [0.5, 0.6) is 23.0 Å². The third-order valence-corrected chi connectivity index (χ3v) is 10.1. The highest BCUT2D eigenvalue weighted by Crippen LogP contribution is 2.47. The second-order valence-electron chi connectivity index (χ2n) is 11.9. The molecule has 17 heteroatoms. The lowest BCUT2D eigenvalue weighted by Crippen LogP contribution is -2.25. The summed E-state index contributed by atoms with van der Waals surface area (Å²) in [5.74, 6) is -4.28. The van der Waals surface area contributed by atoms with Gasteiger partial charge in [0.2, 0.25) is 0 Å². The predicted octanol–water partition coefficient (Wildman–Crippen LogP) is 11.0. The quantitative estimate of drug-likeness (QED) is 0.163. The first-order chi connectivity index (χ1) is 26.1. The van der Waals surface area contributed by atoms with Gasteiger partial charge in [0, 0.05) is 9.75 Å². The lowest BCUT2D eigenvalue weighted by molar-refractivity contribution is -0.287. The van der Waals surface area contributed by atoms with Crippen molar-refractivity contribution in [2.24, 2.45) is 0 Å². The number of hydrogen-bond donors (Lipinski definition) is 2. The minimum Gasteiger partial charge on any atom is -0.395 e. The van der Waals surface area contributed by atoms with Gasteiger partial charge in [0.1, 0.15) is 23.0 Å². The molecule has 8 nitrogen and oxygen atoms in total. The number of carbonyl (C=O) groups excluding carboxylic acids is 2. The molecule has 8 rings (SSSR count). The van der Waals surface area contributed by atoms with Crippen molar-refractivity contribution in [1.82, 2.24) is 0 Å². The molecule has 4 heterocycles. The number of alkyl halides is 4. The van der Waals surface area contributed by atoms with E-state index >= 15 is 0 Å². The first-order valence-corrected chi connectivity index (χ1v) is 17.5. The molecule has 6 aromatic rings. The minimum atomic E-state index is -3.72. The number of fused-ring (bicyclic) bond motifs is 2. The van der Waals surface area contributed by atoms with Gasteiger partial charge in [-0.2, -0.15) is 0 Å². The van der Waals surface area contributed by atoms with Crippen molar-refractivity contribution in [3.63, 3.8) is 0 Å². The summed E-state index contributed by atoms with van der Waals surface area (Å²) < 4.78 is 112. The van der Waals surface area contributed by atoms with Crippen molar-refractivity contribution < 1.29 is 59.3 Å². The molecule has 0 fully saturated rings. The van der Waals surface area contributed by atoms with Gasteiger partial charge in [-0.1, -0.05) is 18.2 Å². The smallest absolute Gasteiger partial charge is 0.395 e. The third kappa shape index (κ3) is 7.93. The predicted molar refractivity (Wildman–Crippen MR) is 190 cm³/mol. The van der Waals surface area contributed by atoms with E-state index in [0.29, 0.717) is 37.1 Å². The Morgan fingerprint density at radius 3 is 1.44 bits per heavy atom. The molecular formula is C38H23F7N2O6S2. The Morgan fingerprint density at radius 2 is 0.964 bits per heavy atom. The van der Waals surface area contributed by atoms with Gasteiger partial charge < -0.3 is 29.6 Å². The number of anilines is 2. The molecule has 2 aliphatic heterocycles. The first kappa shape index (κ1) is 37.3. The van der Waals surface area contributed by atoms with E-state index in [2.05, 4.69) is 29.6 Å². The molecule has 0 radical (unpaired) electrons. The average molecular weight is 801 g/mol. The largest absolute Gasteiger partial charge is 0.586 e. The second-order valence-corrected chi connectivity index (χ2v) is 14.0. The monoisotopic (exact) mass is 800 g/mol. The summed E-state index contributed by atoms with van der Waals surface area (Å²) >= 11 is 2.36. The number of hydrogen-bond acceptors (Lipinski definition) is 8. The van der Waals surface area contributed by atoms with Crippen LogP contribution in [0.3, 0.4) is 0 Å². The van der Waals surface area contributed by atoms with Crippen molar-refractivity contribution in [2.75, 3.05) is 10.6 Å². The van der Waals surface area contributed by atoms with Crippen molar-refractivity contribution in [3.05, 3.63) is 131 Å². The molecular weight excluding hydrogens is 778 g/mol. The molecule has 55 heavy (non-hydrogen) atoms. The number of benzene rings is 4. The van der Waals surface area contributed by atoms with Crippen molar-refractivity contribution in [2.45, 2.75) is 26.4 Å². The molecule has 0 spiro atoms. The van der Waals surface area contributed by atoms with Gasteiger partial charge in [-0.25, -0.2) is 13.2 Å². The molecule has 0 unspecified atom stereocenters. The fourth-order valence-electron chi connectivity index (χ4n) is 5.54. The number of carbonyl (C=O) groups is 2. The SMILES string of the molecule is Cc1cc2c(cc1-c1ccc(NC(=O)c3c(F)cccc3F)s1)OC(F)(F)O2.Cc1cc2c(cc1-c1ccc(NC(=O)c3ccccc3F)s1)OC(F)(F)O2. The minimum absolute atomic E-state index is 0.0223. The van der Waals surface area contributed by atoms with Crippen molar-refractivity contribution in [3.8, 4) is 43.9 Å². The maximum Gasteiger partial charge on any atom is 0.586 e. The Balaban J connectivity index is 0.000000169. The first-order valence-electron chi connectivity index (χ1n) is 15.9. The highest BCUT2D eigenvalue weighted by atomic mass is 32.1. The van der Waals surface area contributed by atoms with Crippen LogP contribution in [0, 0.1) is 31.3 Å². The Bertz CT molecular complexity index is 2470. The Labute approximate surface area is 314 Å². The molecule has 4 aromatic carbocycles. The molecule has 2 N–H and O–H groups in total. The van der Waals surface area contributed by atoms with Crippen LogP contribution in [-0.2, 0) is 0 Å². The summed E-state index contributed by atoms with van der Waals surface area (Å²) in [7, 11) is 0. The van der Waals surface area contributed by atoms with Gasteiger partial charge in [-0.05, 0) is 109 Å². The number of nitrogens with one attached hydrogen (secondary N) is 2. The Morgan fingerprint density at radius 1 is 0.545 bits per heavy atom. The van der Waals surface area contributed by atoms with E-state index in [9.17, 15) is 40.3 Å². The number of amides is 2. The summed E-state index contributed by atoms with van der Waals surface area (Å²) in [6.45, 7) is 3.47. The molecule has 2 aromatic heterocycles. The Hall–Kier alpha value is -6.07. The molecule has 0 saturated heterocycles. The third-order valence-electron chi connectivity index (χ3n) is 8.02.